The number of nitrogens with one attached hydrogen (secondary N) is 1. The molecule has 0 aliphatic carbocycles. The van der Waals surface area contributed by atoms with E-state index in [-0.39, 0.29) is 12.1 Å². The molecule has 4 aromatic rings. The molecule has 0 saturated carbocycles. The maximum absolute atomic E-state index is 12.7. The van der Waals surface area contributed by atoms with Crippen LogP contribution in [0.2, 0.25) is 0 Å². The molecule has 0 bridgehead atoms. The fraction of sp³-hybridized carbons (Fsp3) is 0.464. The zero-order valence-electron chi connectivity index (χ0n) is 22.4. The van der Waals surface area contributed by atoms with E-state index in [4.69, 9.17) is 9.72 Å². The Balaban J connectivity index is 1.45. The lowest BCUT2D eigenvalue weighted by molar-refractivity contribution is 0.000287. The standard InChI is InChI=1S/C28H36N6O3/c1-18-16-32(13-14-33(18)26(35)37-27(2,3)4)17-23-31-24(19-7-9-20(10-8-19)28(5,6)36)22-15-30-25-21(34(22)23)11-12-29-25/h7-12,15,18,29,36H,13-14,16-17H2,1-6H3. The zero-order valence-corrected chi connectivity index (χ0v) is 22.4. The molecule has 4 heterocycles. The third-order valence-corrected chi connectivity index (χ3v) is 6.81. The maximum Gasteiger partial charge on any atom is 0.410 e. The van der Waals surface area contributed by atoms with Crippen molar-refractivity contribution in [3.8, 4) is 11.3 Å². The summed E-state index contributed by atoms with van der Waals surface area (Å²) in [5.41, 5.74) is 3.96. The number of aliphatic hydroxyl groups is 1. The minimum absolute atomic E-state index is 0.0256. The fourth-order valence-corrected chi connectivity index (χ4v) is 4.95. The smallest absolute Gasteiger partial charge is 0.410 e. The Hall–Kier alpha value is -3.43. The second-order valence-corrected chi connectivity index (χ2v) is 11.5. The largest absolute Gasteiger partial charge is 0.444 e. The Bertz CT molecular complexity index is 1420. The molecule has 5 rings (SSSR count). The fourth-order valence-electron chi connectivity index (χ4n) is 4.95. The lowest BCUT2D eigenvalue weighted by Gasteiger charge is -2.40. The van der Waals surface area contributed by atoms with Crippen LogP contribution >= 0.6 is 0 Å². The minimum Gasteiger partial charge on any atom is -0.444 e. The van der Waals surface area contributed by atoms with Crippen LogP contribution < -0.4 is 0 Å². The molecule has 3 aromatic heterocycles. The summed E-state index contributed by atoms with van der Waals surface area (Å²) in [4.78, 5) is 29.7. The molecule has 1 amide bonds. The number of benzene rings is 1. The Kier molecular flexibility index (Phi) is 6.24. The number of hydrogen-bond donors (Lipinski definition) is 2. The summed E-state index contributed by atoms with van der Waals surface area (Å²) >= 11 is 0. The first-order valence-electron chi connectivity index (χ1n) is 12.8. The quantitative estimate of drug-likeness (QED) is 0.423. The number of H-pyrrole nitrogens is 1. The molecule has 1 fully saturated rings. The lowest BCUT2D eigenvalue weighted by atomic mass is 9.97. The summed E-state index contributed by atoms with van der Waals surface area (Å²) in [6.07, 6.45) is 3.49. The van der Waals surface area contributed by atoms with Crippen molar-refractivity contribution in [2.75, 3.05) is 19.6 Å². The van der Waals surface area contributed by atoms with Gasteiger partial charge in [-0.05, 0) is 53.2 Å². The highest BCUT2D eigenvalue weighted by atomic mass is 16.6. The number of aromatic nitrogens is 4. The molecule has 37 heavy (non-hydrogen) atoms. The van der Waals surface area contributed by atoms with Gasteiger partial charge in [-0.2, -0.15) is 0 Å². The topological polar surface area (TPSA) is 99.0 Å². The van der Waals surface area contributed by atoms with Crippen molar-refractivity contribution < 1.29 is 14.6 Å². The zero-order chi connectivity index (χ0) is 26.5. The second-order valence-electron chi connectivity index (χ2n) is 11.5. The second kappa shape index (κ2) is 9.15. The summed E-state index contributed by atoms with van der Waals surface area (Å²) in [7, 11) is 0. The molecule has 1 saturated heterocycles. The Morgan fingerprint density at radius 2 is 1.84 bits per heavy atom. The van der Waals surface area contributed by atoms with Gasteiger partial charge in [0.15, 0.2) is 5.65 Å². The maximum atomic E-state index is 12.7. The number of rotatable bonds is 4. The van der Waals surface area contributed by atoms with Crippen molar-refractivity contribution in [1.82, 2.24) is 29.2 Å². The molecule has 9 nitrogen and oxygen atoms in total. The van der Waals surface area contributed by atoms with Crippen LogP contribution in [0, 0.1) is 0 Å². The first-order chi connectivity index (χ1) is 17.4. The first kappa shape index (κ1) is 25.2. The SMILES string of the molecule is CC1CN(Cc2nc(-c3ccc(C(C)(C)O)cc3)c3cnc4[nH]ccc4n23)CCN1C(=O)OC(C)(C)C. The molecular formula is C28H36N6O3. The highest BCUT2D eigenvalue weighted by Gasteiger charge is 2.31. The number of imidazole rings is 1. The van der Waals surface area contributed by atoms with Crippen LogP contribution in [0.3, 0.4) is 0 Å². The van der Waals surface area contributed by atoms with Crippen LogP contribution in [0.25, 0.3) is 27.9 Å². The first-order valence-corrected chi connectivity index (χ1v) is 12.8. The van der Waals surface area contributed by atoms with Crippen LogP contribution in [0.4, 0.5) is 4.79 Å². The minimum atomic E-state index is -0.906. The van der Waals surface area contributed by atoms with Gasteiger partial charge >= 0.3 is 6.09 Å². The van der Waals surface area contributed by atoms with Gasteiger partial charge in [0.2, 0.25) is 0 Å². The Morgan fingerprint density at radius 3 is 2.49 bits per heavy atom. The van der Waals surface area contributed by atoms with Crippen molar-refractivity contribution in [3.63, 3.8) is 0 Å². The number of amides is 1. The number of fused-ring (bicyclic) bond motifs is 3. The summed E-state index contributed by atoms with van der Waals surface area (Å²) in [5.74, 6) is 0.918. The van der Waals surface area contributed by atoms with Crippen molar-refractivity contribution in [2.24, 2.45) is 0 Å². The van der Waals surface area contributed by atoms with Crippen molar-refractivity contribution in [2.45, 2.75) is 65.3 Å². The van der Waals surface area contributed by atoms with E-state index in [2.05, 4.69) is 26.2 Å². The van der Waals surface area contributed by atoms with Crippen molar-refractivity contribution >= 4 is 22.8 Å². The number of hydrogen-bond acceptors (Lipinski definition) is 6. The van der Waals surface area contributed by atoms with Crippen molar-refractivity contribution in [3.05, 3.63) is 54.1 Å². The number of nitrogens with zero attached hydrogens (tertiary/aromatic N) is 5. The van der Waals surface area contributed by atoms with Crippen LogP contribution in [0.5, 0.6) is 0 Å². The van der Waals surface area contributed by atoms with E-state index in [1.807, 2.05) is 68.4 Å². The van der Waals surface area contributed by atoms with Gasteiger partial charge in [0.25, 0.3) is 0 Å². The van der Waals surface area contributed by atoms with Crippen LogP contribution in [-0.4, -0.2) is 71.6 Å². The van der Waals surface area contributed by atoms with Gasteiger partial charge in [-0.1, -0.05) is 24.3 Å². The van der Waals surface area contributed by atoms with Gasteiger partial charge in [0.05, 0.1) is 35.1 Å². The molecule has 0 spiro atoms. The van der Waals surface area contributed by atoms with Gasteiger partial charge in [-0.15, -0.1) is 0 Å². The molecule has 1 aromatic carbocycles. The average Bonchev–Trinajstić information content (AvgIpc) is 3.42. The van der Waals surface area contributed by atoms with Crippen LogP contribution in [0.15, 0.2) is 42.7 Å². The predicted molar refractivity (Wildman–Crippen MR) is 143 cm³/mol. The molecule has 2 N–H and O–H groups in total. The summed E-state index contributed by atoms with van der Waals surface area (Å²) in [6, 6.07) is 9.94. The molecule has 0 radical (unpaired) electrons. The predicted octanol–water partition coefficient (Wildman–Crippen LogP) is 4.55. The molecule has 1 unspecified atom stereocenters. The lowest BCUT2D eigenvalue weighted by Crippen LogP contribution is -2.54. The third kappa shape index (κ3) is 5.06. The van der Waals surface area contributed by atoms with E-state index in [1.165, 1.54) is 0 Å². The number of carbonyl (C=O) groups is 1. The highest BCUT2D eigenvalue weighted by Crippen LogP contribution is 2.30. The Labute approximate surface area is 217 Å². The normalized spacial score (nSPS) is 17.6. The van der Waals surface area contributed by atoms with Gasteiger partial charge in [0, 0.05) is 37.4 Å². The Morgan fingerprint density at radius 1 is 1.11 bits per heavy atom. The van der Waals surface area contributed by atoms with E-state index in [1.54, 1.807) is 13.8 Å². The average molecular weight is 505 g/mol. The monoisotopic (exact) mass is 504 g/mol. The van der Waals surface area contributed by atoms with Gasteiger partial charge in [-0.3, -0.25) is 9.30 Å². The van der Waals surface area contributed by atoms with E-state index in [9.17, 15) is 9.90 Å². The molecule has 1 atom stereocenters. The van der Waals surface area contributed by atoms with Gasteiger partial charge in [0.1, 0.15) is 11.4 Å². The number of aromatic amines is 1. The number of piperazine rings is 1. The molecule has 1 aliphatic heterocycles. The van der Waals surface area contributed by atoms with E-state index in [0.717, 1.165) is 52.4 Å². The number of carbonyl (C=O) groups excluding carboxylic acids is 1. The molecule has 9 heteroatoms. The molecular weight excluding hydrogens is 468 g/mol. The number of ether oxygens (including phenoxy) is 1. The third-order valence-electron chi connectivity index (χ3n) is 6.81. The van der Waals surface area contributed by atoms with Gasteiger partial charge < -0.3 is 19.7 Å². The van der Waals surface area contributed by atoms with E-state index in [0.29, 0.717) is 13.1 Å². The van der Waals surface area contributed by atoms with E-state index < -0.39 is 11.2 Å². The highest BCUT2D eigenvalue weighted by molar-refractivity contribution is 5.84. The van der Waals surface area contributed by atoms with Crippen molar-refractivity contribution in [1.29, 1.82) is 0 Å². The summed E-state index contributed by atoms with van der Waals surface area (Å²) in [5, 5.41) is 10.4. The molecule has 1 aliphatic rings. The van der Waals surface area contributed by atoms with E-state index >= 15 is 0 Å². The summed E-state index contributed by atoms with van der Waals surface area (Å²) in [6.45, 7) is 14.0. The molecule has 196 valence electrons. The summed E-state index contributed by atoms with van der Waals surface area (Å²) < 4.78 is 7.78. The van der Waals surface area contributed by atoms with Gasteiger partial charge in [-0.25, -0.2) is 14.8 Å². The van der Waals surface area contributed by atoms with Crippen LogP contribution in [-0.2, 0) is 16.9 Å². The van der Waals surface area contributed by atoms with Crippen LogP contribution in [0.1, 0.15) is 52.9 Å².